The van der Waals surface area contributed by atoms with Crippen LogP contribution < -0.4 is 10.6 Å². The van der Waals surface area contributed by atoms with E-state index in [0.29, 0.717) is 37.9 Å². The van der Waals surface area contributed by atoms with E-state index in [9.17, 15) is 4.79 Å². The Bertz CT molecular complexity index is 1170. The van der Waals surface area contributed by atoms with Crippen molar-refractivity contribution in [1.82, 2.24) is 24.8 Å². The largest absolute Gasteiger partial charge is 0.387 e. The van der Waals surface area contributed by atoms with E-state index in [1.54, 1.807) is 28.5 Å². The Kier molecular flexibility index (Phi) is 8.68. The minimum atomic E-state index is -0.426. The number of aliphatic hydroxyl groups is 1. The zero-order chi connectivity index (χ0) is 25.7. The molecule has 1 amide bonds. The van der Waals surface area contributed by atoms with Crippen LogP contribution in [0, 0.1) is 6.92 Å². The van der Waals surface area contributed by atoms with Crippen LogP contribution >= 0.6 is 11.3 Å². The summed E-state index contributed by atoms with van der Waals surface area (Å²) in [5, 5.41) is 9.12. The predicted molar refractivity (Wildman–Crippen MR) is 143 cm³/mol. The Morgan fingerprint density at radius 1 is 1.11 bits per heavy atom. The molecular weight excluding hydrogens is 478 g/mol. The normalized spacial score (nSPS) is 16.7. The van der Waals surface area contributed by atoms with Gasteiger partial charge in [0.25, 0.3) is 0 Å². The van der Waals surface area contributed by atoms with E-state index in [0.717, 1.165) is 59.9 Å². The van der Waals surface area contributed by atoms with E-state index in [1.165, 1.54) is 4.88 Å². The summed E-state index contributed by atoms with van der Waals surface area (Å²) in [6, 6.07) is 3.67. The van der Waals surface area contributed by atoms with Crippen LogP contribution in [0.3, 0.4) is 0 Å². The minimum Gasteiger partial charge on any atom is -0.387 e. The zero-order valence-corrected chi connectivity index (χ0v) is 22.1. The van der Waals surface area contributed by atoms with Crippen LogP contribution in [0.5, 0.6) is 0 Å². The van der Waals surface area contributed by atoms with Crippen molar-refractivity contribution in [2.24, 2.45) is 0 Å². The number of pyridine rings is 1. The second kappa shape index (κ2) is 11.9. The quantitative estimate of drug-likeness (QED) is 0.528. The number of nitrogens with zero attached hydrogens (tertiary/aromatic N) is 6. The molecule has 0 saturated carbocycles. The average Bonchev–Trinajstić information content (AvgIpc) is 3.25. The molecule has 2 fully saturated rings. The molecule has 10 nitrogen and oxygen atoms in total. The molecular formula is C25H35N7O3S. The SMILES string of the molecule is CC.Cc1c(CN2CCN(C(=O)CO)CC2)sc2c(N3CCOCC3)nc(-c3ccc(N)nc3)nc12. The van der Waals surface area contributed by atoms with E-state index in [1.807, 2.05) is 19.9 Å². The van der Waals surface area contributed by atoms with Gasteiger partial charge in [-0.05, 0) is 24.6 Å². The summed E-state index contributed by atoms with van der Waals surface area (Å²) in [5.74, 6) is 1.85. The predicted octanol–water partition coefficient (Wildman–Crippen LogP) is 2.14. The lowest BCUT2D eigenvalue weighted by atomic mass is 10.2. The average molecular weight is 514 g/mol. The number of ether oxygens (including phenoxy) is 1. The number of thiophene rings is 1. The van der Waals surface area contributed by atoms with Crippen molar-refractivity contribution in [2.45, 2.75) is 27.3 Å². The molecule has 36 heavy (non-hydrogen) atoms. The van der Waals surface area contributed by atoms with Gasteiger partial charge in [0.2, 0.25) is 5.91 Å². The molecule has 0 unspecified atom stereocenters. The summed E-state index contributed by atoms with van der Waals surface area (Å²) in [4.78, 5) is 33.5. The molecule has 3 aromatic rings. The molecule has 0 spiro atoms. The maximum absolute atomic E-state index is 11.8. The highest BCUT2D eigenvalue weighted by Gasteiger charge is 2.25. The molecule has 0 aliphatic carbocycles. The number of hydrogen-bond acceptors (Lipinski definition) is 10. The number of morpholine rings is 1. The van der Waals surface area contributed by atoms with E-state index in [2.05, 4.69) is 21.7 Å². The van der Waals surface area contributed by atoms with Crippen LogP contribution in [0.15, 0.2) is 18.3 Å². The standard InChI is InChI=1S/C23H29N7O3S.C2H6/c1-15-17(13-28-4-6-29(7-5-28)19(32)14-31)34-21-20(15)26-22(16-2-3-18(24)25-12-16)27-23(21)30-8-10-33-11-9-30;1-2/h2-3,12,31H,4-11,13-14H2,1H3,(H2,24,25);1-2H3. The zero-order valence-electron chi connectivity index (χ0n) is 21.2. The second-order valence-electron chi connectivity index (χ2n) is 8.58. The number of nitrogen functional groups attached to an aromatic ring is 1. The summed E-state index contributed by atoms with van der Waals surface area (Å²) < 4.78 is 6.66. The fraction of sp³-hybridized carbons (Fsp3) is 0.520. The van der Waals surface area contributed by atoms with Gasteiger partial charge in [0.05, 0.1) is 23.4 Å². The van der Waals surface area contributed by atoms with Crippen LogP contribution in [-0.2, 0) is 16.1 Å². The van der Waals surface area contributed by atoms with Gasteiger partial charge >= 0.3 is 0 Å². The topological polar surface area (TPSA) is 121 Å². The first-order chi connectivity index (χ1) is 17.5. The maximum Gasteiger partial charge on any atom is 0.248 e. The molecule has 0 bridgehead atoms. The van der Waals surface area contributed by atoms with Crippen LogP contribution in [0.2, 0.25) is 0 Å². The van der Waals surface area contributed by atoms with Crippen molar-refractivity contribution in [2.75, 3.05) is 69.7 Å². The van der Waals surface area contributed by atoms with Crippen molar-refractivity contribution in [3.05, 3.63) is 28.8 Å². The summed E-state index contributed by atoms with van der Waals surface area (Å²) in [6.45, 7) is 12.3. The van der Waals surface area contributed by atoms with E-state index >= 15 is 0 Å². The van der Waals surface area contributed by atoms with Crippen molar-refractivity contribution < 1.29 is 14.6 Å². The number of amides is 1. The lowest BCUT2D eigenvalue weighted by Crippen LogP contribution is -2.49. The number of aryl methyl sites for hydroxylation is 1. The summed E-state index contributed by atoms with van der Waals surface area (Å²) in [6.07, 6.45) is 1.72. The highest BCUT2D eigenvalue weighted by atomic mass is 32.1. The van der Waals surface area contributed by atoms with Crippen molar-refractivity contribution in [3.8, 4) is 11.4 Å². The van der Waals surface area contributed by atoms with Crippen LogP contribution in [0.4, 0.5) is 11.6 Å². The first-order valence-electron chi connectivity index (χ1n) is 12.5. The minimum absolute atomic E-state index is 0.201. The molecule has 0 aromatic carbocycles. The first kappa shape index (κ1) is 26.2. The number of carbonyl (C=O) groups excluding carboxylic acids is 1. The Morgan fingerprint density at radius 2 is 1.83 bits per heavy atom. The molecule has 0 atom stereocenters. The van der Waals surface area contributed by atoms with Crippen molar-refractivity contribution in [3.63, 3.8) is 0 Å². The molecule has 0 radical (unpaired) electrons. The van der Waals surface area contributed by atoms with E-state index < -0.39 is 6.61 Å². The van der Waals surface area contributed by atoms with Gasteiger partial charge in [0.1, 0.15) is 12.4 Å². The number of fused-ring (bicyclic) bond motifs is 1. The molecule has 5 heterocycles. The monoisotopic (exact) mass is 513 g/mol. The summed E-state index contributed by atoms with van der Waals surface area (Å²) in [7, 11) is 0. The third-order valence-corrected chi connectivity index (χ3v) is 7.69. The lowest BCUT2D eigenvalue weighted by molar-refractivity contribution is -0.135. The third kappa shape index (κ3) is 5.59. The number of hydrogen-bond donors (Lipinski definition) is 2. The highest BCUT2D eigenvalue weighted by Crippen LogP contribution is 2.38. The number of piperazine rings is 1. The fourth-order valence-corrected chi connectivity index (χ4v) is 5.69. The lowest BCUT2D eigenvalue weighted by Gasteiger charge is -2.34. The summed E-state index contributed by atoms with van der Waals surface area (Å²) >= 11 is 1.75. The summed E-state index contributed by atoms with van der Waals surface area (Å²) in [5.41, 5.74) is 8.75. The number of aliphatic hydroxyl groups excluding tert-OH is 1. The molecule has 194 valence electrons. The Labute approximate surface area is 215 Å². The van der Waals surface area contributed by atoms with Gasteiger partial charge in [-0.25, -0.2) is 15.0 Å². The fourth-order valence-electron chi connectivity index (χ4n) is 4.38. The molecule has 2 aliphatic heterocycles. The molecule has 11 heteroatoms. The molecule has 2 saturated heterocycles. The number of anilines is 2. The van der Waals surface area contributed by atoms with Crippen LogP contribution in [0.1, 0.15) is 24.3 Å². The number of rotatable bonds is 5. The highest BCUT2D eigenvalue weighted by molar-refractivity contribution is 7.19. The third-order valence-electron chi connectivity index (χ3n) is 6.43. The maximum atomic E-state index is 11.8. The first-order valence-corrected chi connectivity index (χ1v) is 13.3. The van der Waals surface area contributed by atoms with Gasteiger partial charge in [-0.15, -0.1) is 11.3 Å². The molecule has 5 rings (SSSR count). The van der Waals surface area contributed by atoms with Crippen LogP contribution in [-0.4, -0.2) is 94.9 Å². The van der Waals surface area contributed by atoms with Gasteiger partial charge in [0, 0.05) is 62.5 Å². The molecule has 3 aromatic heterocycles. The Balaban J connectivity index is 0.00000148. The number of nitrogens with two attached hydrogens (primary N) is 1. The molecule has 3 N–H and O–H groups in total. The Morgan fingerprint density at radius 3 is 2.47 bits per heavy atom. The van der Waals surface area contributed by atoms with Gasteiger partial charge < -0.3 is 25.4 Å². The number of carbonyl (C=O) groups is 1. The van der Waals surface area contributed by atoms with Gasteiger partial charge in [-0.1, -0.05) is 13.8 Å². The van der Waals surface area contributed by atoms with Crippen LogP contribution in [0.25, 0.3) is 21.6 Å². The van der Waals surface area contributed by atoms with Gasteiger partial charge in [-0.2, -0.15) is 0 Å². The number of aromatic nitrogens is 3. The van der Waals surface area contributed by atoms with E-state index in [4.69, 9.17) is 25.5 Å². The van der Waals surface area contributed by atoms with Gasteiger partial charge in [0.15, 0.2) is 11.6 Å². The smallest absolute Gasteiger partial charge is 0.248 e. The van der Waals surface area contributed by atoms with Crippen molar-refractivity contribution >= 4 is 39.1 Å². The van der Waals surface area contributed by atoms with Gasteiger partial charge in [-0.3, -0.25) is 9.69 Å². The Hall–Kier alpha value is -2.86. The van der Waals surface area contributed by atoms with E-state index in [-0.39, 0.29) is 5.91 Å². The molecule has 2 aliphatic rings. The van der Waals surface area contributed by atoms with Crippen molar-refractivity contribution in [1.29, 1.82) is 0 Å². The second-order valence-corrected chi connectivity index (χ2v) is 9.69.